The summed E-state index contributed by atoms with van der Waals surface area (Å²) in [6, 6.07) is 18.0. The summed E-state index contributed by atoms with van der Waals surface area (Å²) in [6.45, 7) is 0.640. The molecule has 0 aromatic heterocycles. The van der Waals surface area contributed by atoms with Gasteiger partial charge in [-0.15, -0.1) is 0 Å². The van der Waals surface area contributed by atoms with Crippen LogP contribution in [0.15, 0.2) is 60.7 Å². The van der Waals surface area contributed by atoms with Crippen LogP contribution < -0.4 is 10.6 Å². The van der Waals surface area contributed by atoms with E-state index in [0.717, 1.165) is 0 Å². The molecule has 0 saturated heterocycles. The number of rotatable bonds is 8. The van der Waals surface area contributed by atoms with Crippen LogP contribution in [0.5, 0.6) is 0 Å². The molecule has 2 N–H and O–H groups in total. The second-order valence-electron chi connectivity index (χ2n) is 4.87. The van der Waals surface area contributed by atoms with E-state index in [9.17, 15) is 9.59 Å². The zero-order valence-corrected chi connectivity index (χ0v) is 13.6. The Morgan fingerprint density at radius 2 is 1.04 bits per heavy atom. The quantitative estimate of drug-likeness (QED) is 0.716. The molecule has 0 aliphatic rings. The number of hydrogen-bond acceptors (Lipinski definition) is 5. The number of carbonyl (C=O) groups is 2. The molecule has 2 amide bonds. The largest absolute Gasteiger partial charge is 0.447 e. The molecule has 2 aromatic carbocycles. The maximum atomic E-state index is 11.5. The van der Waals surface area contributed by atoms with Crippen LogP contribution in [0.4, 0.5) is 21.0 Å². The molecule has 0 spiro atoms. The zero-order valence-electron chi connectivity index (χ0n) is 13.6. The van der Waals surface area contributed by atoms with Gasteiger partial charge in [0, 0.05) is 11.4 Å². The molecular formula is C18H20N2O5. The molecule has 0 aliphatic carbocycles. The molecule has 0 unspecified atom stereocenters. The monoisotopic (exact) mass is 344 g/mol. The molecule has 0 aliphatic heterocycles. The zero-order chi connectivity index (χ0) is 17.7. The summed E-state index contributed by atoms with van der Waals surface area (Å²) in [6.07, 6.45) is -1.10. The fourth-order valence-electron chi connectivity index (χ4n) is 1.84. The van der Waals surface area contributed by atoms with Gasteiger partial charge in [0.2, 0.25) is 0 Å². The molecule has 0 bridgehead atoms. The molecule has 132 valence electrons. The highest BCUT2D eigenvalue weighted by atomic mass is 16.6. The summed E-state index contributed by atoms with van der Waals surface area (Å²) >= 11 is 0. The average Bonchev–Trinajstić information content (AvgIpc) is 2.62. The van der Waals surface area contributed by atoms with Gasteiger partial charge < -0.3 is 14.2 Å². The van der Waals surface area contributed by atoms with Crippen LogP contribution >= 0.6 is 0 Å². The van der Waals surface area contributed by atoms with E-state index in [4.69, 9.17) is 14.2 Å². The highest BCUT2D eigenvalue weighted by molar-refractivity contribution is 5.84. The molecule has 25 heavy (non-hydrogen) atoms. The molecule has 7 heteroatoms. The van der Waals surface area contributed by atoms with E-state index in [-0.39, 0.29) is 26.4 Å². The standard InChI is InChI=1S/C18H20N2O5/c21-17(19-15-7-3-1-4-8-15)24-13-11-23-12-14-25-18(22)20-16-9-5-2-6-10-16/h1-10H,11-14H2,(H,19,21)(H,20,22). The van der Waals surface area contributed by atoms with Crippen molar-refractivity contribution in [2.45, 2.75) is 0 Å². The molecule has 7 nitrogen and oxygen atoms in total. The van der Waals surface area contributed by atoms with E-state index < -0.39 is 12.2 Å². The van der Waals surface area contributed by atoms with E-state index in [0.29, 0.717) is 11.4 Å². The van der Waals surface area contributed by atoms with Gasteiger partial charge >= 0.3 is 12.2 Å². The molecule has 2 aromatic rings. The van der Waals surface area contributed by atoms with Gasteiger partial charge in [0.25, 0.3) is 0 Å². The van der Waals surface area contributed by atoms with Crippen molar-refractivity contribution in [3.63, 3.8) is 0 Å². The second-order valence-corrected chi connectivity index (χ2v) is 4.87. The summed E-state index contributed by atoms with van der Waals surface area (Å²) in [4.78, 5) is 23.0. The van der Waals surface area contributed by atoms with Gasteiger partial charge in [0.15, 0.2) is 0 Å². The number of amides is 2. The first-order valence-corrected chi connectivity index (χ1v) is 7.79. The maximum absolute atomic E-state index is 11.5. The van der Waals surface area contributed by atoms with Crippen LogP contribution in [-0.2, 0) is 14.2 Å². The Morgan fingerprint density at radius 1 is 0.640 bits per heavy atom. The van der Waals surface area contributed by atoms with Crippen LogP contribution in [0.25, 0.3) is 0 Å². The fraction of sp³-hybridized carbons (Fsp3) is 0.222. The summed E-state index contributed by atoms with van der Waals surface area (Å²) in [7, 11) is 0. The van der Waals surface area contributed by atoms with Gasteiger partial charge in [0.1, 0.15) is 13.2 Å². The van der Waals surface area contributed by atoms with Gasteiger partial charge in [0.05, 0.1) is 13.2 Å². The Balaban J connectivity index is 1.46. The van der Waals surface area contributed by atoms with Gasteiger partial charge in [-0.1, -0.05) is 36.4 Å². The number of benzene rings is 2. The molecular weight excluding hydrogens is 324 g/mol. The molecule has 0 saturated carbocycles. The smallest absolute Gasteiger partial charge is 0.411 e. The lowest BCUT2D eigenvalue weighted by Gasteiger charge is -2.08. The lowest BCUT2D eigenvalue weighted by atomic mass is 10.3. The van der Waals surface area contributed by atoms with Crippen molar-refractivity contribution in [3.05, 3.63) is 60.7 Å². The van der Waals surface area contributed by atoms with Crippen molar-refractivity contribution in [2.24, 2.45) is 0 Å². The molecule has 0 fully saturated rings. The van der Waals surface area contributed by atoms with Gasteiger partial charge in [-0.05, 0) is 24.3 Å². The van der Waals surface area contributed by atoms with Crippen LogP contribution in [0.1, 0.15) is 0 Å². The van der Waals surface area contributed by atoms with Crippen molar-refractivity contribution in [2.75, 3.05) is 37.1 Å². The van der Waals surface area contributed by atoms with Crippen LogP contribution in [0.2, 0.25) is 0 Å². The minimum atomic E-state index is -0.548. The molecule has 0 radical (unpaired) electrons. The lowest BCUT2D eigenvalue weighted by Crippen LogP contribution is -2.19. The molecule has 0 atom stereocenters. The lowest BCUT2D eigenvalue weighted by molar-refractivity contribution is 0.0512. The highest BCUT2D eigenvalue weighted by Crippen LogP contribution is 2.06. The molecule has 2 rings (SSSR count). The molecule has 0 heterocycles. The topological polar surface area (TPSA) is 85.9 Å². The summed E-state index contributed by atoms with van der Waals surface area (Å²) in [5.41, 5.74) is 1.32. The first-order chi connectivity index (χ1) is 12.2. The van der Waals surface area contributed by atoms with E-state index in [1.165, 1.54) is 0 Å². The summed E-state index contributed by atoms with van der Waals surface area (Å²) in [5, 5.41) is 5.18. The summed E-state index contributed by atoms with van der Waals surface area (Å²) < 4.78 is 15.1. The Morgan fingerprint density at radius 3 is 1.44 bits per heavy atom. The van der Waals surface area contributed by atoms with Crippen molar-refractivity contribution >= 4 is 23.6 Å². The van der Waals surface area contributed by atoms with Gasteiger partial charge in [-0.2, -0.15) is 0 Å². The fourth-order valence-corrected chi connectivity index (χ4v) is 1.84. The van der Waals surface area contributed by atoms with Crippen LogP contribution in [0, 0.1) is 0 Å². The SMILES string of the molecule is O=C(Nc1ccccc1)OCCOCCOC(=O)Nc1ccccc1. The van der Waals surface area contributed by atoms with Crippen molar-refractivity contribution in [1.29, 1.82) is 0 Å². The first kappa shape index (κ1) is 18.3. The predicted molar refractivity (Wildman–Crippen MR) is 93.6 cm³/mol. The number of carbonyl (C=O) groups excluding carboxylic acids is 2. The minimum absolute atomic E-state index is 0.106. The number of nitrogens with one attached hydrogen (secondary N) is 2. The Hall–Kier alpha value is -3.06. The second kappa shape index (κ2) is 10.7. The van der Waals surface area contributed by atoms with Gasteiger partial charge in [-0.25, -0.2) is 9.59 Å². The normalized spacial score (nSPS) is 9.92. The highest BCUT2D eigenvalue weighted by Gasteiger charge is 2.03. The van der Waals surface area contributed by atoms with Crippen LogP contribution in [0.3, 0.4) is 0 Å². The van der Waals surface area contributed by atoms with E-state index >= 15 is 0 Å². The first-order valence-electron chi connectivity index (χ1n) is 7.79. The maximum Gasteiger partial charge on any atom is 0.411 e. The van der Waals surface area contributed by atoms with E-state index in [1.807, 2.05) is 36.4 Å². The Labute approximate surface area is 145 Å². The predicted octanol–water partition coefficient (Wildman–Crippen LogP) is 3.50. The van der Waals surface area contributed by atoms with E-state index in [1.54, 1.807) is 24.3 Å². The van der Waals surface area contributed by atoms with Gasteiger partial charge in [-0.3, -0.25) is 10.6 Å². The Bertz CT molecular complexity index is 592. The minimum Gasteiger partial charge on any atom is -0.447 e. The van der Waals surface area contributed by atoms with Crippen molar-refractivity contribution < 1.29 is 23.8 Å². The number of hydrogen-bond donors (Lipinski definition) is 2. The third-order valence-electron chi connectivity index (χ3n) is 2.96. The third kappa shape index (κ3) is 7.85. The van der Waals surface area contributed by atoms with Crippen molar-refractivity contribution in [1.82, 2.24) is 0 Å². The number of ether oxygens (including phenoxy) is 3. The van der Waals surface area contributed by atoms with Crippen molar-refractivity contribution in [3.8, 4) is 0 Å². The van der Waals surface area contributed by atoms with E-state index in [2.05, 4.69) is 10.6 Å². The third-order valence-corrected chi connectivity index (χ3v) is 2.96. The summed E-state index contributed by atoms with van der Waals surface area (Å²) in [5.74, 6) is 0. The Kier molecular flexibility index (Phi) is 7.80. The number of para-hydroxylation sites is 2. The van der Waals surface area contributed by atoms with Crippen LogP contribution in [-0.4, -0.2) is 38.6 Å². The average molecular weight is 344 g/mol. The number of anilines is 2.